The minimum Gasteiger partial charge on any atom is -0.452 e. The Morgan fingerprint density at radius 3 is 2.59 bits per heavy atom. The van der Waals surface area contributed by atoms with Gasteiger partial charge in [-0.2, -0.15) is 0 Å². The van der Waals surface area contributed by atoms with Crippen LogP contribution < -0.4 is 10.2 Å². The first-order valence-corrected chi connectivity index (χ1v) is 9.49. The summed E-state index contributed by atoms with van der Waals surface area (Å²) in [6, 6.07) is 9.34. The molecule has 9 heteroatoms. The normalized spacial score (nSPS) is 13.2. The fourth-order valence-electron chi connectivity index (χ4n) is 3.14. The topological polar surface area (TPSA) is 102 Å². The smallest absolute Gasteiger partial charge is 0.338 e. The van der Waals surface area contributed by atoms with E-state index in [4.69, 9.17) is 16.3 Å². The molecule has 1 aliphatic rings. The van der Waals surface area contributed by atoms with Gasteiger partial charge >= 0.3 is 5.97 Å². The number of anilines is 2. The van der Waals surface area contributed by atoms with E-state index >= 15 is 0 Å². The standard InChI is InChI=1S/C20H20ClN3O5/c1-13-4-6-16(15(21)10-13)22-19(25)12-29-20(26)14-5-7-17(18(11-14)24(27)28)23-8-2-3-9-23/h4-7,10-11H,2-3,8-9,12H2,1H3,(H,22,25). The van der Waals surface area contributed by atoms with Gasteiger partial charge in [-0.3, -0.25) is 14.9 Å². The molecule has 1 heterocycles. The van der Waals surface area contributed by atoms with E-state index in [1.807, 2.05) is 11.8 Å². The summed E-state index contributed by atoms with van der Waals surface area (Å²) < 4.78 is 5.00. The van der Waals surface area contributed by atoms with E-state index in [-0.39, 0.29) is 11.3 Å². The Morgan fingerprint density at radius 1 is 1.21 bits per heavy atom. The highest BCUT2D eigenvalue weighted by molar-refractivity contribution is 6.33. The summed E-state index contributed by atoms with van der Waals surface area (Å²) in [4.78, 5) is 37.1. The molecule has 2 aromatic rings. The van der Waals surface area contributed by atoms with Gasteiger partial charge in [0.15, 0.2) is 6.61 Å². The van der Waals surface area contributed by atoms with Gasteiger partial charge in [0.25, 0.3) is 11.6 Å². The first kappa shape index (κ1) is 20.6. The van der Waals surface area contributed by atoms with Crippen molar-refractivity contribution < 1.29 is 19.2 Å². The second-order valence-corrected chi connectivity index (χ2v) is 7.17. The maximum Gasteiger partial charge on any atom is 0.338 e. The number of hydrogen-bond donors (Lipinski definition) is 1. The van der Waals surface area contributed by atoms with E-state index in [1.54, 1.807) is 24.3 Å². The number of rotatable bonds is 6. The molecule has 1 amide bonds. The van der Waals surface area contributed by atoms with Gasteiger partial charge in [-0.05, 0) is 49.6 Å². The molecule has 3 rings (SSSR count). The fraction of sp³-hybridized carbons (Fsp3) is 0.300. The molecule has 0 saturated carbocycles. The van der Waals surface area contributed by atoms with Gasteiger partial charge in [-0.25, -0.2) is 4.79 Å². The molecule has 0 bridgehead atoms. The number of nitro benzene ring substituents is 1. The third-order valence-corrected chi connectivity index (χ3v) is 4.90. The third-order valence-electron chi connectivity index (χ3n) is 4.59. The summed E-state index contributed by atoms with van der Waals surface area (Å²) in [6.07, 6.45) is 1.95. The quantitative estimate of drug-likeness (QED) is 0.433. The van der Waals surface area contributed by atoms with E-state index in [0.717, 1.165) is 31.5 Å². The van der Waals surface area contributed by atoms with Crippen molar-refractivity contribution in [2.24, 2.45) is 0 Å². The van der Waals surface area contributed by atoms with Crippen molar-refractivity contribution in [3.63, 3.8) is 0 Å². The Morgan fingerprint density at radius 2 is 1.93 bits per heavy atom. The van der Waals surface area contributed by atoms with Crippen LogP contribution in [-0.2, 0) is 9.53 Å². The van der Waals surface area contributed by atoms with E-state index in [9.17, 15) is 19.7 Å². The van der Waals surface area contributed by atoms with Crippen LogP contribution in [0.3, 0.4) is 0 Å². The molecule has 0 spiro atoms. The maximum absolute atomic E-state index is 12.3. The van der Waals surface area contributed by atoms with Gasteiger partial charge in [-0.1, -0.05) is 17.7 Å². The SMILES string of the molecule is Cc1ccc(NC(=O)COC(=O)c2ccc(N3CCCC3)c([N+](=O)[O-])c2)c(Cl)c1. The number of aryl methyl sites for hydroxylation is 1. The number of halogens is 1. The first-order chi connectivity index (χ1) is 13.8. The molecule has 1 saturated heterocycles. The van der Waals surface area contributed by atoms with Crippen molar-refractivity contribution >= 4 is 40.5 Å². The zero-order chi connectivity index (χ0) is 21.0. The summed E-state index contributed by atoms with van der Waals surface area (Å²) in [5.41, 5.74) is 1.69. The van der Waals surface area contributed by atoms with Crippen molar-refractivity contribution in [1.29, 1.82) is 0 Å². The highest BCUT2D eigenvalue weighted by Gasteiger charge is 2.24. The van der Waals surface area contributed by atoms with Gasteiger partial charge in [0.05, 0.1) is 21.2 Å². The Bertz CT molecular complexity index is 957. The number of nitrogens with zero attached hydrogens (tertiary/aromatic N) is 2. The van der Waals surface area contributed by atoms with Gasteiger partial charge < -0.3 is 15.0 Å². The van der Waals surface area contributed by atoms with Crippen LogP contribution in [-0.4, -0.2) is 36.5 Å². The molecule has 1 aliphatic heterocycles. The van der Waals surface area contributed by atoms with Crippen molar-refractivity contribution in [1.82, 2.24) is 0 Å². The maximum atomic E-state index is 12.3. The molecule has 152 valence electrons. The lowest BCUT2D eigenvalue weighted by Gasteiger charge is -2.17. The van der Waals surface area contributed by atoms with Crippen molar-refractivity contribution in [2.75, 3.05) is 29.9 Å². The molecule has 8 nitrogen and oxygen atoms in total. The Kier molecular flexibility index (Phi) is 6.33. The number of nitro groups is 1. The molecule has 1 N–H and O–H groups in total. The minimum absolute atomic E-state index is 0.0146. The number of carbonyl (C=O) groups excluding carboxylic acids is 2. The zero-order valence-electron chi connectivity index (χ0n) is 15.8. The fourth-order valence-corrected chi connectivity index (χ4v) is 3.43. The average Bonchev–Trinajstić information content (AvgIpc) is 3.22. The molecule has 29 heavy (non-hydrogen) atoms. The van der Waals surface area contributed by atoms with Crippen molar-refractivity contribution in [3.8, 4) is 0 Å². The molecular formula is C20H20ClN3O5. The molecule has 1 fully saturated rings. The van der Waals surface area contributed by atoms with Gasteiger partial charge in [0, 0.05) is 19.2 Å². The van der Waals surface area contributed by atoms with Crippen LogP contribution in [0.2, 0.25) is 5.02 Å². The molecule has 0 aromatic heterocycles. The van der Waals surface area contributed by atoms with E-state index < -0.39 is 23.4 Å². The Labute approximate surface area is 172 Å². The predicted molar refractivity (Wildman–Crippen MR) is 110 cm³/mol. The molecule has 0 atom stereocenters. The number of hydrogen-bond acceptors (Lipinski definition) is 6. The monoisotopic (exact) mass is 417 g/mol. The molecule has 0 aliphatic carbocycles. The highest BCUT2D eigenvalue weighted by atomic mass is 35.5. The van der Waals surface area contributed by atoms with Crippen LogP contribution in [0, 0.1) is 17.0 Å². The lowest BCUT2D eigenvalue weighted by molar-refractivity contribution is -0.384. The number of carbonyl (C=O) groups is 2. The zero-order valence-corrected chi connectivity index (χ0v) is 16.6. The Hall–Kier alpha value is -3.13. The number of esters is 1. The van der Waals surface area contributed by atoms with Gasteiger partial charge in [0.2, 0.25) is 0 Å². The molecule has 0 radical (unpaired) electrons. The first-order valence-electron chi connectivity index (χ1n) is 9.11. The second kappa shape index (κ2) is 8.91. The van der Waals surface area contributed by atoms with Crippen LogP contribution in [0.5, 0.6) is 0 Å². The van der Waals surface area contributed by atoms with Crippen molar-refractivity contribution in [2.45, 2.75) is 19.8 Å². The summed E-state index contributed by atoms with van der Waals surface area (Å²) in [6.45, 7) is 2.82. The summed E-state index contributed by atoms with van der Waals surface area (Å²) in [5.74, 6) is -1.38. The van der Waals surface area contributed by atoms with Crippen LogP contribution in [0.15, 0.2) is 36.4 Å². The number of amides is 1. The van der Waals surface area contributed by atoms with Gasteiger partial charge in [0.1, 0.15) is 5.69 Å². The average molecular weight is 418 g/mol. The largest absolute Gasteiger partial charge is 0.452 e. The highest BCUT2D eigenvalue weighted by Crippen LogP contribution is 2.31. The summed E-state index contributed by atoms with van der Waals surface area (Å²) in [7, 11) is 0. The lowest BCUT2D eigenvalue weighted by atomic mass is 10.1. The molecule has 2 aromatic carbocycles. The van der Waals surface area contributed by atoms with Crippen LogP contribution in [0.4, 0.5) is 17.1 Å². The van der Waals surface area contributed by atoms with E-state index in [1.165, 1.54) is 12.1 Å². The van der Waals surface area contributed by atoms with Gasteiger partial charge in [-0.15, -0.1) is 0 Å². The van der Waals surface area contributed by atoms with E-state index in [2.05, 4.69) is 5.32 Å². The number of ether oxygens (including phenoxy) is 1. The summed E-state index contributed by atoms with van der Waals surface area (Å²) >= 11 is 6.06. The molecule has 0 unspecified atom stereocenters. The number of benzene rings is 2. The minimum atomic E-state index is -0.814. The van der Waals surface area contributed by atoms with E-state index in [0.29, 0.717) is 16.4 Å². The van der Waals surface area contributed by atoms with Crippen LogP contribution in [0.1, 0.15) is 28.8 Å². The van der Waals surface area contributed by atoms with Crippen LogP contribution >= 0.6 is 11.6 Å². The molecular weight excluding hydrogens is 398 g/mol. The second-order valence-electron chi connectivity index (χ2n) is 6.76. The summed E-state index contributed by atoms with van der Waals surface area (Å²) in [5, 5.41) is 14.4. The predicted octanol–water partition coefficient (Wildman–Crippen LogP) is 3.95. The van der Waals surface area contributed by atoms with Crippen LogP contribution in [0.25, 0.3) is 0 Å². The lowest BCUT2D eigenvalue weighted by Crippen LogP contribution is -2.22. The number of nitrogens with one attached hydrogen (secondary N) is 1. The van der Waals surface area contributed by atoms with Crippen molar-refractivity contribution in [3.05, 3.63) is 62.7 Å². The third kappa shape index (κ3) is 5.03. The Balaban J connectivity index is 1.64.